The van der Waals surface area contributed by atoms with Crippen LogP contribution in [0.4, 0.5) is 0 Å². The van der Waals surface area contributed by atoms with Crippen LogP contribution < -0.4 is 5.32 Å². The molecule has 1 nitrogen and oxygen atoms in total. The highest BCUT2D eigenvalue weighted by Crippen LogP contribution is 2.25. The van der Waals surface area contributed by atoms with Gasteiger partial charge in [-0.05, 0) is 53.2 Å². The highest BCUT2D eigenvalue weighted by atomic mass is 32.2. The molecule has 0 heterocycles. The fraction of sp³-hybridized carbons (Fsp3) is 0.444. The lowest BCUT2D eigenvalue weighted by molar-refractivity contribution is 1.01. The van der Waals surface area contributed by atoms with Gasteiger partial charge in [0.1, 0.15) is 0 Å². The number of allylic oxidation sites excluding steroid dienone is 5. The summed E-state index contributed by atoms with van der Waals surface area (Å²) < 4.78 is 0. The lowest BCUT2D eigenvalue weighted by atomic mass is 10.0. The molecule has 0 aromatic rings. The van der Waals surface area contributed by atoms with Gasteiger partial charge in [0.05, 0.1) is 0 Å². The van der Waals surface area contributed by atoms with Crippen LogP contribution in [0.15, 0.2) is 59.5 Å². The van der Waals surface area contributed by atoms with Crippen molar-refractivity contribution < 1.29 is 0 Å². The molecule has 0 radical (unpaired) electrons. The summed E-state index contributed by atoms with van der Waals surface area (Å²) in [5.74, 6) is 0.900. The zero-order valence-electron chi connectivity index (χ0n) is 13.8. The number of rotatable bonds is 8. The minimum atomic E-state index is 0.473. The lowest BCUT2D eigenvalue weighted by Crippen LogP contribution is -2.14. The summed E-state index contributed by atoms with van der Waals surface area (Å²) in [5, 5.41) is 3.81. The number of nitrogens with one attached hydrogen (secondary N) is 1. The van der Waals surface area contributed by atoms with Gasteiger partial charge in [0.15, 0.2) is 0 Å². The first-order valence-corrected chi connectivity index (χ1v) is 8.07. The molecule has 0 spiro atoms. The van der Waals surface area contributed by atoms with Gasteiger partial charge in [0.25, 0.3) is 0 Å². The molecule has 0 bridgehead atoms. The summed E-state index contributed by atoms with van der Waals surface area (Å²) in [4.78, 5) is 0. The molecule has 0 aliphatic carbocycles. The molecule has 0 saturated heterocycles. The Labute approximate surface area is 129 Å². The first-order chi connectivity index (χ1) is 9.33. The molecule has 112 valence electrons. The second-order valence-corrected chi connectivity index (χ2v) is 6.34. The van der Waals surface area contributed by atoms with Gasteiger partial charge in [-0.15, -0.1) is 11.8 Å². The van der Waals surface area contributed by atoms with Crippen LogP contribution in [0.3, 0.4) is 0 Å². The maximum absolute atomic E-state index is 4.10. The van der Waals surface area contributed by atoms with Crippen molar-refractivity contribution in [1.29, 1.82) is 0 Å². The fourth-order valence-electron chi connectivity index (χ4n) is 1.62. The van der Waals surface area contributed by atoms with E-state index in [-0.39, 0.29) is 0 Å². The van der Waals surface area contributed by atoms with E-state index in [4.69, 9.17) is 0 Å². The summed E-state index contributed by atoms with van der Waals surface area (Å²) in [5.41, 5.74) is 5.99. The summed E-state index contributed by atoms with van der Waals surface area (Å²) in [6, 6.07) is 0. The Morgan fingerprint density at radius 1 is 1.20 bits per heavy atom. The molecule has 0 saturated carbocycles. The van der Waals surface area contributed by atoms with Crippen molar-refractivity contribution in [2.45, 2.75) is 46.8 Å². The molecule has 0 aliphatic rings. The Morgan fingerprint density at radius 2 is 1.80 bits per heavy atom. The number of thioether (sulfide) groups is 1. The first-order valence-electron chi connectivity index (χ1n) is 7.02. The quantitative estimate of drug-likeness (QED) is 0.584. The third-order valence-electron chi connectivity index (χ3n) is 3.33. The largest absolute Gasteiger partial charge is 0.359 e. The normalized spacial score (nSPS) is 15.0. The Hall–Kier alpha value is -1.15. The van der Waals surface area contributed by atoms with Gasteiger partial charge in [0.2, 0.25) is 0 Å². The van der Waals surface area contributed by atoms with Gasteiger partial charge in [-0.3, -0.25) is 0 Å². The number of hydrogen-bond donors (Lipinski definition) is 1. The molecule has 0 aromatic carbocycles. The smallest absolute Gasteiger partial charge is 0.0336 e. The molecule has 1 N–H and O–H groups in total. The summed E-state index contributed by atoms with van der Waals surface area (Å²) in [7, 11) is 0. The molecular formula is C18H29NS. The summed E-state index contributed by atoms with van der Waals surface area (Å²) in [6.45, 7) is 20.8. The Bertz CT molecular complexity index is 438. The van der Waals surface area contributed by atoms with E-state index in [2.05, 4.69) is 58.3 Å². The van der Waals surface area contributed by atoms with E-state index in [1.54, 1.807) is 0 Å². The Morgan fingerprint density at radius 3 is 2.25 bits per heavy atom. The zero-order valence-corrected chi connectivity index (χ0v) is 14.7. The van der Waals surface area contributed by atoms with E-state index in [9.17, 15) is 0 Å². The Kier molecular flexibility index (Phi) is 9.15. The Balaban J connectivity index is 4.46. The molecule has 20 heavy (non-hydrogen) atoms. The maximum atomic E-state index is 4.10. The van der Waals surface area contributed by atoms with Gasteiger partial charge in [-0.25, -0.2) is 0 Å². The van der Waals surface area contributed by atoms with Crippen molar-refractivity contribution in [3.63, 3.8) is 0 Å². The van der Waals surface area contributed by atoms with Crippen LogP contribution >= 0.6 is 11.8 Å². The van der Waals surface area contributed by atoms with E-state index in [0.29, 0.717) is 5.25 Å². The van der Waals surface area contributed by atoms with Crippen molar-refractivity contribution in [1.82, 2.24) is 5.32 Å². The highest BCUT2D eigenvalue weighted by Gasteiger charge is 2.09. The molecule has 1 atom stereocenters. The third kappa shape index (κ3) is 6.85. The van der Waals surface area contributed by atoms with Crippen molar-refractivity contribution in [2.75, 3.05) is 5.75 Å². The molecule has 0 rings (SSSR count). The van der Waals surface area contributed by atoms with Crippen LogP contribution in [0, 0.1) is 0 Å². The van der Waals surface area contributed by atoms with E-state index in [0.717, 1.165) is 22.7 Å². The van der Waals surface area contributed by atoms with Crippen molar-refractivity contribution in [2.24, 2.45) is 0 Å². The van der Waals surface area contributed by atoms with E-state index in [1.807, 2.05) is 31.7 Å². The lowest BCUT2D eigenvalue weighted by Gasteiger charge is -2.17. The molecule has 0 amide bonds. The van der Waals surface area contributed by atoms with E-state index < -0.39 is 0 Å². The van der Waals surface area contributed by atoms with Crippen LogP contribution in [0.2, 0.25) is 0 Å². The van der Waals surface area contributed by atoms with Crippen molar-refractivity contribution in [3.8, 4) is 0 Å². The third-order valence-corrected chi connectivity index (χ3v) is 4.70. The van der Waals surface area contributed by atoms with Gasteiger partial charge in [-0.1, -0.05) is 36.5 Å². The van der Waals surface area contributed by atoms with Crippen molar-refractivity contribution >= 4 is 11.8 Å². The van der Waals surface area contributed by atoms with Crippen molar-refractivity contribution in [3.05, 3.63) is 59.5 Å². The molecule has 0 fully saturated rings. The average Bonchev–Trinajstić information content (AvgIpc) is 2.42. The van der Waals surface area contributed by atoms with Gasteiger partial charge < -0.3 is 5.32 Å². The fourth-order valence-corrected chi connectivity index (χ4v) is 2.57. The van der Waals surface area contributed by atoms with Gasteiger partial charge in [0, 0.05) is 22.4 Å². The van der Waals surface area contributed by atoms with E-state index >= 15 is 0 Å². The minimum absolute atomic E-state index is 0.473. The molecule has 0 aliphatic heterocycles. The second-order valence-electron chi connectivity index (χ2n) is 5.01. The molecule has 2 heteroatoms. The highest BCUT2D eigenvalue weighted by molar-refractivity contribution is 8.00. The van der Waals surface area contributed by atoms with Gasteiger partial charge in [-0.2, -0.15) is 0 Å². The zero-order chi connectivity index (χ0) is 15.7. The van der Waals surface area contributed by atoms with Crippen LogP contribution in [0.25, 0.3) is 0 Å². The maximum Gasteiger partial charge on any atom is 0.0336 e. The first kappa shape index (κ1) is 18.9. The molecule has 0 aromatic heterocycles. The standard InChI is InChI=1S/C18H29NS/c1-9-11-18(10-2)19-14(5)12-20-17(8)16(7)15(6)13(3)4/h9-11,17,19H,3,5,12H2,1-2,4,6-8H3/b11-9-,16-15-,18-10+. The second kappa shape index (κ2) is 9.71. The average molecular weight is 292 g/mol. The molecular weight excluding hydrogens is 262 g/mol. The predicted octanol–water partition coefficient (Wildman–Crippen LogP) is 5.60. The topological polar surface area (TPSA) is 12.0 Å². The van der Waals surface area contributed by atoms with Crippen LogP contribution in [-0.4, -0.2) is 11.0 Å². The minimum Gasteiger partial charge on any atom is -0.359 e. The van der Waals surface area contributed by atoms with Crippen LogP contribution in [0.1, 0.15) is 41.5 Å². The summed E-state index contributed by atoms with van der Waals surface area (Å²) in [6.07, 6.45) is 6.12. The molecule has 1 unspecified atom stereocenters. The monoisotopic (exact) mass is 291 g/mol. The van der Waals surface area contributed by atoms with E-state index in [1.165, 1.54) is 11.1 Å². The SMILES string of the molecule is C=C(CSC(C)/C(C)=C(/C)C(=C)C)NC(/C=C\C)=C/C. The predicted molar refractivity (Wildman–Crippen MR) is 96.0 cm³/mol. The van der Waals surface area contributed by atoms with Crippen LogP contribution in [0.5, 0.6) is 0 Å². The van der Waals surface area contributed by atoms with Crippen LogP contribution in [-0.2, 0) is 0 Å². The van der Waals surface area contributed by atoms with Gasteiger partial charge >= 0.3 is 0 Å². The number of hydrogen-bond acceptors (Lipinski definition) is 2. The summed E-state index contributed by atoms with van der Waals surface area (Å²) >= 11 is 1.90.